The van der Waals surface area contributed by atoms with Crippen LogP contribution in [0.3, 0.4) is 0 Å². The van der Waals surface area contributed by atoms with E-state index >= 15 is 0 Å². The normalized spacial score (nSPS) is 10.8. The number of phenolic OH excluding ortho intramolecular Hbond substituents is 1. The van der Waals surface area contributed by atoms with Gasteiger partial charge in [-0.3, -0.25) is 4.98 Å². The van der Waals surface area contributed by atoms with Crippen LogP contribution in [-0.4, -0.2) is 15.1 Å². The fourth-order valence-electron chi connectivity index (χ4n) is 2.80. The third kappa shape index (κ3) is 2.94. The Balaban J connectivity index is 1.56. The number of H-pyrrole nitrogens is 1. The quantitative estimate of drug-likeness (QED) is 0.518. The summed E-state index contributed by atoms with van der Waals surface area (Å²) in [6, 6.07) is 17.7. The Hall–Kier alpha value is -3.27. The number of benzene rings is 2. The van der Waals surface area contributed by atoms with Crippen molar-refractivity contribution in [2.45, 2.75) is 6.54 Å². The van der Waals surface area contributed by atoms with Gasteiger partial charge in [0.25, 0.3) is 0 Å². The van der Waals surface area contributed by atoms with Crippen molar-refractivity contribution in [3.05, 3.63) is 78.8 Å². The average Bonchev–Trinajstić information content (AvgIpc) is 3.08. The fraction of sp³-hybridized carbons (Fsp3) is 0.0500. The number of phenols is 1. The smallest absolute Gasteiger partial charge is 0.115 e. The predicted octanol–water partition coefficient (Wildman–Crippen LogP) is 4.55. The SMILES string of the molecule is Oc1cccc(CNc2cncc(-c3ccc4[nH]ccc4c3)c2)c1. The van der Waals surface area contributed by atoms with E-state index in [0.717, 1.165) is 27.9 Å². The van der Waals surface area contributed by atoms with E-state index in [1.165, 1.54) is 5.39 Å². The fourth-order valence-corrected chi connectivity index (χ4v) is 2.80. The largest absolute Gasteiger partial charge is 0.508 e. The van der Waals surface area contributed by atoms with Crippen LogP contribution in [-0.2, 0) is 6.54 Å². The van der Waals surface area contributed by atoms with E-state index in [-0.39, 0.29) is 5.75 Å². The van der Waals surface area contributed by atoms with Crippen molar-refractivity contribution in [1.82, 2.24) is 9.97 Å². The minimum Gasteiger partial charge on any atom is -0.508 e. The number of nitrogens with one attached hydrogen (secondary N) is 2. The Labute approximate surface area is 139 Å². The van der Waals surface area contributed by atoms with Gasteiger partial charge >= 0.3 is 0 Å². The molecule has 0 aliphatic heterocycles. The summed E-state index contributed by atoms with van der Waals surface area (Å²) in [5.74, 6) is 0.279. The van der Waals surface area contributed by atoms with Gasteiger partial charge < -0.3 is 15.4 Å². The van der Waals surface area contributed by atoms with Crippen LogP contribution in [0.15, 0.2) is 73.2 Å². The monoisotopic (exact) mass is 315 g/mol. The molecule has 0 aliphatic rings. The van der Waals surface area contributed by atoms with Gasteiger partial charge in [0.05, 0.1) is 5.69 Å². The second-order valence-corrected chi connectivity index (χ2v) is 5.77. The molecule has 4 aromatic rings. The van der Waals surface area contributed by atoms with E-state index in [4.69, 9.17) is 0 Å². The molecule has 4 rings (SSSR count). The molecule has 3 N–H and O–H groups in total. The summed E-state index contributed by atoms with van der Waals surface area (Å²) in [6.07, 6.45) is 5.62. The third-order valence-corrected chi connectivity index (χ3v) is 4.03. The van der Waals surface area contributed by atoms with E-state index in [9.17, 15) is 5.11 Å². The van der Waals surface area contributed by atoms with Crippen LogP contribution in [0.1, 0.15) is 5.56 Å². The number of aromatic nitrogens is 2. The second-order valence-electron chi connectivity index (χ2n) is 5.77. The van der Waals surface area contributed by atoms with E-state index in [1.54, 1.807) is 18.3 Å². The molecule has 24 heavy (non-hydrogen) atoms. The van der Waals surface area contributed by atoms with Crippen molar-refractivity contribution in [2.24, 2.45) is 0 Å². The molecular formula is C20H17N3O. The van der Waals surface area contributed by atoms with Gasteiger partial charge in [0.2, 0.25) is 0 Å². The van der Waals surface area contributed by atoms with Crippen molar-refractivity contribution in [3.63, 3.8) is 0 Å². The molecule has 0 fully saturated rings. The Morgan fingerprint density at radius 1 is 0.958 bits per heavy atom. The van der Waals surface area contributed by atoms with Crippen molar-refractivity contribution in [2.75, 3.05) is 5.32 Å². The number of pyridine rings is 1. The maximum Gasteiger partial charge on any atom is 0.115 e. The van der Waals surface area contributed by atoms with Crippen LogP contribution < -0.4 is 5.32 Å². The van der Waals surface area contributed by atoms with Crippen LogP contribution >= 0.6 is 0 Å². The van der Waals surface area contributed by atoms with Crippen LogP contribution in [0.2, 0.25) is 0 Å². The van der Waals surface area contributed by atoms with Crippen LogP contribution in [0.4, 0.5) is 5.69 Å². The van der Waals surface area contributed by atoms with Crippen LogP contribution in [0.5, 0.6) is 5.75 Å². The van der Waals surface area contributed by atoms with Gasteiger partial charge in [-0.05, 0) is 52.9 Å². The molecule has 0 atom stereocenters. The van der Waals surface area contributed by atoms with Crippen molar-refractivity contribution in [3.8, 4) is 16.9 Å². The lowest BCUT2D eigenvalue weighted by atomic mass is 10.1. The minimum absolute atomic E-state index is 0.279. The van der Waals surface area contributed by atoms with Crippen molar-refractivity contribution in [1.29, 1.82) is 0 Å². The molecule has 0 saturated heterocycles. The van der Waals surface area contributed by atoms with Crippen LogP contribution in [0, 0.1) is 0 Å². The topological polar surface area (TPSA) is 60.9 Å². The molecule has 2 aromatic carbocycles. The zero-order valence-corrected chi connectivity index (χ0v) is 13.0. The first-order valence-corrected chi connectivity index (χ1v) is 7.82. The van der Waals surface area contributed by atoms with Gasteiger partial charge in [-0.2, -0.15) is 0 Å². The number of anilines is 1. The van der Waals surface area contributed by atoms with Crippen LogP contribution in [0.25, 0.3) is 22.0 Å². The Kier molecular flexibility index (Phi) is 3.63. The first kappa shape index (κ1) is 14.3. The summed E-state index contributed by atoms with van der Waals surface area (Å²) in [4.78, 5) is 7.54. The molecule has 0 spiro atoms. The Morgan fingerprint density at radius 3 is 2.83 bits per heavy atom. The number of aromatic amines is 1. The third-order valence-electron chi connectivity index (χ3n) is 4.03. The van der Waals surface area contributed by atoms with Crippen molar-refractivity contribution >= 4 is 16.6 Å². The summed E-state index contributed by atoms with van der Waals surface area (Å²) in [5.41, 5.74) is 5.30. The second kappa shape index (κ2) is 6.08. The maximum absolute atomic E-state index is 9.53. The number of rotatable bonds is 4. The number of hydrogen-bond acceptors (Lipinski definition) is 3. The van der Waals surface area contributed by atoms with Gasteiger partial charge in [0.15, 0.2) is 0 Å². The summed E-state index contributed by atoms with van der Waals surface area (Å²) in [5, 5.41) is 14.1. The molecule has 0 aliphatic carbocycles. The van der Waals surface area contributed by atoms with Crippen molar-refractivity contribution < 1.29 is 5.11 Å². The number of nitrogens with zero attached hydrogens (tertiary/aromatic N) is 1. The summed E-state index contributed by atoms with van der Waals surface area (Å²) in [6.45, 7) is 0.635. The first-order chi connectivity index (χ1) is 11.8. The zero-order valence-electron chi connectivity index (χ0n) is 13.0. The molecule has 4 nitrogen and oxygen atoms in total. The van der Waals surface area contributed by atoms with E-state index in [1.807, 2.05) is 24.5 Å². The Morgan fingerprint density at radius 2 is 1.92 bits per heavy atom. The molecule has 0 radical (unpaired) electrons. The molecule has 2 heterocycles. The Bertz CT molecular complexity index is 991. The lowest BCUT2D eigenvalue weighted by Crippen LogP contribution is -1.99. The first-order valence-electron chi connectivity index (χ1n) is 7.82. The lowest BCUT2D eigenvalue weighted by molar-refractivity contribution is 0.474. The molecule has 0 bridgehead atoms. The minimum atomic E-state index is 0.279. The maximum atomic E-state index is 9.53. The molecule has 4 heteroatoms. The summed E-state index contributed by atoms with van der Waals surface area (Å²) in [7, 11) is 0. The predicted molar refractivity (Wildman–Crippen MR) is 97.0 cm³/mol. The van der Waals surface area contributed by atoms with E-state index in [0.29, 0.717) is 6.54 Å². The molecule has 0 unspecified atom stereocenters. The highest BCUT2D eigenvalue weighted by atomic mass is 16.3. The van der Waals surface area contributed by atoms with Gasteiger partial charge in [-0.25, -0.2) is 0 Å². The van der Waals surface area contributed by atoms with E-state index in [2.05, 4.69) is 45.6 Å². The molecule has 0 amide bonds. The highest BCUT2D eigenvalue weighted by Gasteiger charge is 2.03. The average molecular weight is 315 g/mol. The summed E-state index contributed by atoms with van der Waals surface area (Å²) < 4.78 is 0. The molecular weight excluding hydrogens is 298 g/mol. The standard InChI is InChI=1S/C20H17N3O/c24-19-3-1-2-14(8-19)11-23-18-10-17(12-21-13-18)15-4-5-20-16(9-15)6-7-22-20/h1-10,12-13,22-24H,11H2. The molecule has 2 aromatic heterocycles. The van der Waals surface area contributed by atoms with E-state index < -0.39 is 0 Å². The zero-order chi connectivity index (χ0) is 16.4. The lowest BCUT2D eigenvalue weighted by Gasteiger charge is -2.09. The van der Waals surface area contributed by atoms with Gasteiger partial charge in [-0.15, -0.1) is 0 Å². The number of hydrogen-bond donors (Lipinski definition) is 3. The number of aromatic hydroxyl groups is 1. The molecule has 0 saturated carbocycles. The highest BCUT2D eigenvalue weighted by molar-refractivity contribution is 5.85. The molecule has 118 valence electrons. The number of fused-ring (bicyclic) bond motifs is 1. The van der Waals surface area contributed by atoms with Gasteiger partial charge in [-0.1, -0.05) is 18.2 Å². The highest BCUT2D eigenvalue weighted by Crippen LogP contribution is 2.25. The van der Waals surface area contributed by atoms with Gasteiger partial charge in [0, 0.05) is 36.2 Å². The van der Waals surface area contributed by atoms with Gasteiger partial charge in [0.1, 0.15) is 5.75 Å². The summed E-state index contributed by atoms with van der Waals surface area (Å²) >= 11 is 0.